The number of anilines is 1. The molecule has 0 aliphatic heterocycles. The fourth-order valence-electron chi connectivity index (χ4n) is 4.38. The topological polar surface area (TPSA) is 275 Å². The molecular weight excluding hydrogens is 713 g/mol. The summed E-state index contributed by atoms with van der Waals surface area (Å²) in [5, 5.41) is 35.1. The summed E-state index contributed by atoms with van der Waals surface area (Å²) in [6, 6.07) is 11.5. The van der Waals surface area contributed by atoms with Crippen molar-refractivity contribution in [3.63, 3.8) is 0 Å². The van der Waals surface area contributed by atoms with Crippen LogP contribution in [0.25, 0.3) is 10.8 Å². The number of hydrogen-bond acceptors (Lipinski definition) is 13. The second-order valence-electron chi connectivity index (χ2n) is 11.3. The molecule has 0 saturated heterocycles. The molecule has 0 spiro atoms. The molecule has 4 aromatic carbocycles. The van der Waals surface area contributed by atoms with Gasteiger partial charge in [-0.1, -0.05) is 18.2 Å². The molecule has 0 amide bonds. The summed E-state index contributed by atoms with van der Waals surface area (Å²) in [5.74, 6) is -0.801. The van der Waals surface area contributed by atoms with Crippen molar-refractivity contribution in [1.29, 1.82) is 0 Å². The van der Waals surface area contributed by atoms with Crippen LogP contribution in [0.1, 0.15) is 20.8 Å². The Morgan fingerprint density at radius 2 is 1.40 bits per heavy atom. The largest absolute Gasteiger partial charge is 0.506 e. The number of nitrogens with two attached hydrogens (primary N) is 1. The van der Waals surface area contributed by atoms with Crippen LogP contribution >= 0.6 is 0 Å². The van der Waals surface area contributed by atoms with Crippen molar-refractivity contribution in [2.24, 2.45) is 15.4 Å². The number of benzene rings is 4. The minimum absolute atomic E-state index is 0.206. The molecule has 0 atom stereocenters. The lowest BCUT2D eigenvalue weighted by Gasteiger charge is -2.22. The Bertz CT molecular complexity index is 2460. The maximum atomic E-state index is 13.4. The summed E-state index contributed by atoms with van der Waals surface area (Å²) in [5.41, 5.74) is -2.62. The summed E-state index contributed by atoms with van der Waals surface area (Å²) in [4.78, 5) is 8.17. The highest BCUT2D eigenvalue weighted by Gasteiger charge is 2.29. The number of nitro groups is 1. The first-order valence-corrected chi connectivity index (χ1v) is 19.7. The van der Waals surface area contributed by atoms with E-state index in [-0.39, 0.29) is 27.8 Å². The number of hydrogen-bond donors (Lipinski definition) is 4. The van der Waals surface area contributed by atoms with Crippen LogP contribution < -0.4 is 14.6 Å². The van der Waals surface area contributed by atoms with E-state index in [0.29, 0.717) is 0 Å². The number of sulfone groups is 1. The fourth-order valence-corrected chi connectivity index (χ4v) is 8.50. The minimum Gasteiger partial charge on any atom is -0.506 e. The number of phenolic OH excluding ortho intramolecular Hbond substituents is 1. The minimum atomic E-state index is -4.58. The third-order valence-electron chi connectivity index (χ3n) is 6.31. The average molecular weight is 741 g/mol. The average Bonchev–Trinajstić information content (AvgIpc) is 2.94. The van der Waals surface area contributed by atoms with Crippen molar-refractivity contribution in [1.82, 2.24) is 4.72 Å². The van der Waals surface area contributed by atoms with E-state index in [9.17, 15) is 48.9 Å². The van der Waals surface area contributed by atoms with E-state index in [2.05, 4.69) is 19.7 Å². The molecule has 0 aliphatic rings. The lowest BCUT2D eigenvalue weighted by Crippen LogP contribution is -2.40. The van der Waals surface area contributed by atoms with Crippen molar-refractivity contribution >= 4 is 73.4 Å². The molecule has 0 saturated carbocycles. The van der Waals surface area contributed by atoms with E-state index < -0.39 is 81.4 Å². The highest BCUT2D eigenvalue weighted by atomic mass is 32.2. The number of rotatable bonds is 10. The third-order valence-corrected chi connectivity index (χ3v) is 11.5. The fraction of sp³-hybridized carbons (Fsp3) is 0.185. The van der Waals surface area contributed by atoms with Gasteiger partial charge in [0.2, 0.25) is 20.0 Å². The van der Waals surface area contributed by atoms with Crippen molar-refractivity contribution in [3.05, 3.63) is 76.8 Å². The normalized spacial score (nSPS) is 13.2. The Labute approximate surface area is 275 Å². The Kier molecular flexibility index (Phi) is 9.44. The molecule has 0 radical (unpaired) electrons. The van der Waals surface area contributed by atoms with Crippen LogP contribution in [-0.2, 0) is 39.9 Å². The van der Waals surface area contributed by atoms with Gasteiger partial charge in [0.05, 0.1) is 26.1 Å². The van der Waals surface area contributed by atoms with Crippen LogP contribution in [0.2, 0.25) is 0 Å². The molecule has 5 N–H and O–H groups in total. The third kappa shape index (κ3) is 7.94. The van der Waals surface area contributed by atoms with Gasteiger partial charge < -0.3 is 5.11 Å². The summed E-state index contributed by atoms with van der Waals surface area (Å²) in [6.07, 6.45) is 0.779. The summed E-state index contributed by atoms with van der Waals surface area (Å²) in [7, 11) is -17.5. The maximum Gasteiger partial charge on any atom is 0.270 e. The molecule has 0 aromatic heterocycles. The van der Waals surface area contributed by atoms with Gasteiger partial charge in [0, 0.05) is 34.7 Å². The van der Waals surface area contributed by atoms with Crippen LogP contribution in [0.15, 0.2) is 96.5 Å². The van der Waals surface area contributed by atoms with Gasteiger partial charge >= 0.3 is 0 Å². The summed E-state index contributed by atoms with van der Waals surface area (Å²) in [6.45, 7) is 4.63. The molecule has 21 heteroatoms. The summed E-state index contributed by atoms with van der Waals surface area (Å²) < 4.78 is 107. The number of nitro benzene ring substituents is 1. The number of nitrogens with zero attached hydrogens (tertiary/aromatic N) is 3. The van der Waals surface area contributed by atoms with Gasteiger partial charge in [0.15, 0.2) is 9.84 Å². The molecule has 17 nitrogen and oxygen atoms in total. The van der Waals surface area contributed by atoms with Gasteiger partial charge in [0.1, 0.15) is 21.2 Å². The lowest BCUT2D eigenvalue weighted by molar-refractivity contribution is -0.385. The van der Waals surface area contributed by atoms with Crippen LogP contribution in [0.3, 0.4) is 0 Å². The monoisotopic (exact) mass is 740 g/mol. The smallest absolute Gasteiger partial charge is 0.270 e. The molecule has 0 bridgehead atoms. The Morgan fingerprint density at radius 3 is 1.98 bits per heavy atom. The molecule has 0 unspecified atom stereocenters. The second kappa shape index (κ2) is 12.5. The zero-order valence-electron chi connectivity index (χ0n) is 25.4. The molecule has 0 fully saturated rings. The van der Waals surface area contributed by atoms with Gasteiger partial charge in [-0.05, 0) is 57.2 Å². The number of non-ortho nitro benzene ring substituents is 1. The van der Waals surface area contributed by atoms with E-state index >= 15 is 0 Å². The Morgan fingerprint density at radius 1 is 0.792 bits per heavy atom. The second-order valence-corrected chi connectivity index (χ2v) is 18.2. The highest BCUT2D eigenvalue weighted by molar-refractivity contribution is 7.93. The number of sulfonamides is 3. The zero-order valence-corrected chi connectivity index (χ0v) is 28.7. The van der Waals surface area contributed by atoms with Gasteiger partial charge in [-0.25, -0.2) is 43.5 Å². The van der Waals surface area contributed by atoms with Gasteiger partial charge in [-0.3, -0.25) is 14.8 Å². The number of nitrogens with one attached hydrogen (secondary N) is 2. The molecular formula is C27H28N6O11S4. The SMILES string of the molecule is CC(C)(C)NS(=O)(=O)c1cc(/N=N/c2ccc([N+](=O)[O-])cc2S(C)(=O)=O)c2c(NS(=O)(=O)c3cccc(S(N)(=O)=O)c3)cccc2c1O. The van der Waals surface area contributed by atoms with Gasteiger partial charge in [-0.2, -0.15) is 0 Å². The lowest BCUT2D eigenvalue weighted by atomic mass is 10.1. The Balaban J connectivity index is 2.02. The van der Waals surface area contributed by atoms with E-state index in [0.717, 1.165) is 54.8 Å². The molecule has 4 rings (SSSR count). The molecule has 256 valence electrons. The number of azo groups is 1. The van der Waals surface area contributed by atoms with Crippen LogP contribution in [-0.4, -0.2) is 55.5 Å². The number of fused-ring (bicyclic) bond motifs is 1. The zero-order chi connectivity index (χ0) is 36.0. The van der Waals surface area contributed by atoms with E-state index in [1.807, 2.05) is 0 Å². The standard InChI is InChI=1S/C27H28N6O11S4/c1-27(2,3)32-48(43,44)24-15-22(30-29-20-12-11-16(33(35)36)13-23(20)45(4,37)38)25-19(26(24)34)9-6-10-21(25)31-47(41,42)18-8-5-7-17(14-18)46(28,39)40/h5-15,31-32,34H,1-4H3,(H2,28,39,40)/b30-29+. The maximum absolute atomic E-state index is 13.4. The van der Waals surface area contributed by atoms with Crippen molar-refractivity contribution in [2.75, 3.05) is 11.0 Å². The van der Waals surface area contributed by atoms with Crippen molar-refractivity contribution in [3.8, 4) is 5.75 Å². The highest BCUT2D eigenvalue weighted by Crippen LogP contribution is 2.43. The summed E-state index contributed by atoms with van der Waals surface area (Å²) >= 11 is 0. The quantitative estimate of drug-likeness (QED) is 0.103. The van der Waals surface area contributed by atoms with Crippen molar-refractivity contribution in [2.45, 2.75) is 45.9 Å². The number of aromatic hydroxyl groups is 1. The van der Waals surface area contributed by atoms with Crippen LogP contribution in [0.4, 0.5) is 22.7 Å². The first-order valence-electron chi connectivity index (χ1n) is 13.3. The van der Waals surface area contributed by atoms with Crippen LogP contribution in [0.5, 0.6) is 5.75 Å². The van der Waals surface area contributed by atoms with E-state index in [1.54, 1.807) is 20.8 Å². The molecule has 0 heterocycles. The first-order chi connectivity index (χ1) is 21.9. The van der Waals surface area contributed by atoms with Crippen LogP contribution in [0, 0.1) is 10.1 Å². The molecule has 0 aliphatic carbocycles. The molecule has 48 heavy (non-hydrogen) atoms. The van der Waals surface area contributed by atoms with E-state index in [1.165, 1.54) is 18.2 Å². The predicted octanol–water partition coefficient (Wildman–Crippen LogP) is 3.80. The van der Waals surface area contributed by atoms with Gasteiger partial charge in [0.25, 0.3) is 15.7 Å². The number of primary sulfonamides is 1. The van der Waals surface area contributed by atoms with E-state index in [4.69, 9.17) is 5.14 Å². The molecule has 4 aromatic rings. The Hall–Kier alpha value is -4.54. The van der Waals surface area contributed by atoms with Gasteiger partial charge in [-0.15, -0.1) is 10.2 Å². The number of phenols is 1. The van der Waals surface area contributed by atoms with Crippen molar-refractivity contribution < 1.29 is 43.7 Å². The predicted molar refractivity (Wildman–Crippen MR) is 175 cm³/mol. The first kappa shape index (κ1) is 36.3.